The molecule has 90 valence electrons. The third-order valence-corrected chi connectivity index (χ3v) is 3.54. The van der Waals surface area contributed by atoms with Crippen LogP contribution in [0.5, 0.6) is 0 Å². The van der Waals surface area contributed by atoms with Gasteiger partial charge in [-0.1, -0.05) is 24.3 Å². The first-order valence-corrected chi connectivity index (χ1v) is 6.21. The minimum Gasteiger partial charge on any atom is -0.347 e. The Hall–Kier alpha value is -1.46. The van der Waals surface area contributed by atoms with Crippen LogP contribution in [-0.2, 0) is 11.3 Å². The van der Waals surface area contributed by atoms with Gasteiger partial charge in [0.05, 0.1) is 0 Å². The van der Waals surface area contributed by atoms with Crippen molar-refractivity contribution < 1.29 is 4.79 Å². The lowest BCUT2D eigenvalue weighted by Gasteiger charge is -2.07. The zero-order valence-electron chi connectivity index (χ0n) is 9.83. The Balaban J connectivity index is 1.97. The van der Waals surface area contributed by atoms with E-state index in [0.717, 1.165) is 11.3 Å². The fourth-order valence-corrected chi connectivity index (χ4v) is 2.24. The van der Waals surface area contributed by atoms with Crippen LogP contribution in [0.15, 0.2) is 34.9 Å². The fourth-order valence-electron chi connectivity index (χ4n) is 1.57. The topological polar surface area (TPSA) is 53.2 Å². The number of aryl methyl sites for hydroxylation is 1. The number of allylic oxidation sites excluding steroid dienone is 1. The lowest BCUT2D eigenvalue weighted by Crippen LogP contribution is -2.24. The molecule has 0 aromatic heterocycles. The van der Waals surface area contributed by atoms with Crippen LogP contribution in [0.25, 0.3) is 0 Å². The monoisotopic (exact) mass is 249 g/mol. The van der Waals surface area contributed by atoms with E-state index < -0.39 is 0 Å². The Kier molecular flexibility index (Phi) is 3.71. The molecular formula is C12H15N3OS. The second kappa shape index (κ2) is 5.25. The standard InChI is InChI=1S/C12H15N3OS/c1-8-5-3-4-6-10(8)7-13-12(16)11-9(2)14-15-17-11/h3-6,14-15H,7H2,1-2H3,(H,13,16). The molecule has 3 N–H and O–H groups in total. The van der Waals surface area contributed by atoms with Crippen molar-refractivity contribution >= 4 is 17.9 Å². The second-order valence-corrected chi connectivity index (χ2v) is 4.71. The summed E-state index contributed by atoms with van der Waals surface area (Å²) in [7, 11) is 0. The van der Waals surface area contributed by atoms with Gasteiger partial charge in [0, 0.05) is 12.2 Å². The van der Waals surface area contributed by atoms with Gasteiger partial charge in [-0.2, -0.15) is 4.83 Å². The van der Waals surface area contributed by atoms with Crippen molar-refractivity contribution in [2.75, 3.05) is 0 Å². The molecular weight excluding hydrogens is 234 g/mol. The van der Waals surface area contributed by atoms with E-state index in [-0.39, 0.29) is 5.91 Å². The van der Waals surface area contributed by atoms with Gasteiger partial charge >= 0.3 is 0 Å². The molecule has 0 atom stereocenters. The van der Waals surface area contributed by atoms with Crippen LogP contribution in [-0.4, -0.2) is 5.91 Å². The summed E-state index contributed by atoms with van der Waals surface area (Å²) in [6.07, 6.45) is 0. The predicted molar refractivity (Wildman–Crippen MR) is 69.6 cm³/mol. The summed E-state index contributed by atoms with van der Waals surface area (Å²) in [4.78, 5) is 15.4. The molecule has 0 saturated carbocycles. The molecule has 1 amide bonds. The molecule has 4 nitrogen and oxygen atoms in total. The third kappa shape index (κ3) is 2.81. The van der Waals surface area contributed by atoms with Gasteiger partial charge in [-0.15, -0.1) is 0 Å². The SMILES string of the molecule is CC1=C(C(=O)NCc2ccccc2C)SNN1. The molecule has 1 aromatic rings. The zero-order valence-corrected chi connectivity index (χ0v) is 10.6. The molecule has 5 heteroatoms. The summed E-state index contributed by atoms with van der Waals surface area (Å²) in [6, 6.07) is 8.04. The van der Waals surface area contributed by atoms with E-state index in [1.165, 1.54) is 17.5 Å². The number of rotatable bonds is 3. The maximum absolute atomic E-state index is 11.9. The van der Waals surface area contributed by atoms with E-state index in [1.807, 2.05) is 38.1 Å². The highest BCUT2D eigenvalue weighted by Crippen LogP contribution is 2.20. The molecule has 0 fully saturated rings. The molecule has 1 aliphatic heterocycles. The minimum absolute atomic E-state index is 0.0479. The van der Waals surface area contributed by atoms with Crippen LogP contribution in [0.1, 0.15) is 18.1 Å². The number of hydrogen-bond acceptors (Lipinski definition) is 4. The van der Waals surface area contributed by atoms with Crippen molar-refractivity contribution in [3.8, 4) is 0 Å². The van der Waals surface area contributed by atoms with Crippen molar-refractivity contribution in [3.05, 3.63) is 46.0 Å². The Morgan fingerprint density at radius 1 is 1.35 bits per heavy atom. The average Bonchev–Trinajstić information content (AvgIpc) is 2.74. The van der Waals surface area contributed by atoms with E-state index in [4.69, 9.17) is 0 Å². The number of nitrogens with one attached hydrogen (secondary N) is 3. The molecule has 2 rings (SSSR count). The lowest BCUT2D eigenvalue weighted by molar-refractivity contribution is -0.117. The Morgan fingerprint density at radius 3 is 2.76 bits per heavy atom. The largest absolute Gasteiger partial charge is 0.347 e. The number of carbonyl (C=O) groups is 1. The highest BCUT2D eigenvalue weighted by atomic mass is 32.2. The van der Waals surface area contributed by atoms with Crippen LogP contribution < -0.4 is 15.6 Å². The van der Waals surface area contributed by atoms with Gasteiger partial charge in [0.25, 0.3) is 5.91 Å². The van der Waals surface area contributed by atoms with Gasteiger partial charge in [-0.05, 0) is 36.9 Å². The van der Waals surface area contributed by atoms with Crippen LogP contribution in [0, 0.1) is 6.92 Å². The Morgan fingerprint density at radius 2 is 2.12 bits per heavy atom. The zero-order chi connectivity index (χ0) is 12.3. The molecule has 0 unspecified atom stereocenters. The highest BCUT2D eigenvalue weighted by molar-refractivity contribution is 8.02. The van der Waals surface area contributed by atoms with E-state index in [1.54, 1.807) is 0 Å². The van der Waals surface area contributed by atoms with E-state index in [2.05, 4.69) is 15.6 Å². The Labute approximate surface area is 105 Å². The van der Waals surface area contributed by atoms with Gasteiger partial charge in [0.1, 0.15) is 4.91 Å². The first-order chi connectivity index (χ1) is 8.18. The summed E-state index contributed by atoms with van der Waals surface area (Å²) >= 11 is 1.30. The first-order valence-electron chi connectivity index (χ1n) is 5.40. The van der Waals surface area contributed by atoms with Gasteiger partial charge in [-0.3, -0.25) is 4.79 Å². The van der Waals surface area contributed by atoms with Crippen molar-refractivity contribution in [1.82, 2.24) is 15.6 Å². The highest BCUT2D eigenvalue weighted by Gasteiger charge is 2.18. The molecule has 0 radical (unpaired) electrons. The van der Waals surface area contributed by atoms with Crippen molar-refractivity contribution in [3.63, 3.8) is 0 Å². The van der Waals surface area contributed by atoms with Gasteiger partial charge < -0.3 is 10.7 Å². The number of amides is 1. The molecule has 1 aliphatic rings. The third-order valence-electron chi connectivity index (χ3n) is 2.64. The first kappa shape index (κ1) is 12.0. The fraction of sp³-hybridized carbons (Fsp3) is 0.250. The molecule has 1 heterocycles. The van der Waals surface area contributed by atoms with Crippen LogP contribution in [0.2, 0.25) is 0 Å². The van der Waals surface area contributed by atoms with E-state index in [0.29, 0.717) is 11.4 Å². The van der Waals surface area contributed by atoms with E-state index >= 15 is 0 Å². The second-order valence-electron chi connectivity index (χ2n) is 3.89. The van der Waals surface area contributed by atoms with Gasteiger partial charge in [0.2, 0.25) is 0 Å². The summed E-state index contributed by atoms with van der Waals surface area (Å²) in [5, 5.41) is 2.91. The van der Waals surface area contributed by atoms with Crippen LogP contribution >= 0.6 is 11.9 Å². The number of benzene rings is 1. The van der Waals surface area contributed by atoms with Gasteiger partial charge in [0.15, 0.2) is 0 Å². The van der Waals surface area contributed by atoms with Gasteiger partial charge in [-0.25, -0.2) is 0 Å². The average molecular weight is 249 g/mol. The molecule has 17 heavy (non-hydrogen) atoms. The summed E-state index contributed by atoms with van der Waals surface area (Å²) in [5.41, 5.74) is 6.08. The number of hydrazine groups is 1. The summed E-state index contributed by atoms with van der Waals surface area (Å²) in [6.45, 7) is 4.47. The number of hydrogen-bond donors (Lipinski definition) is 3. The van der Waals surface area contributed by atoms with Crippen LogP contribution in [0.3, 0.4) is 0 Å². The Bertz CT molecular complexity index is 471. The molecule has 0 saturated heterocycles. The van der Waals surface area contributed by atoms with Crippen molar-refractivity contribution in [2.45, 2.75) is 20.4 Å². The summed E-state index contributed by atoms with van der Waals surface area (Å²) < 4.78 is 0. The van der Waals surface area contributed by atoms with E-state index in [9.17, 15) is 4.79 Å². The molecule has 0 spiro atoms. The summed E-state index contributed by atoms with van der Waals surface area (Å²) in [5.74, 6) is -0.0479. The maximum atomic E-state index is 11.9. The number of carbonyl (C=O) groups excluding carboxylic acids is 1. The lowest BCUT2D eigenvalue weighted by atomic mass is 10.1. The minimum atomic E-state index is -0.0479. The predicted octanol–water partition coefficient (Wildman–Crippen LogP) is 1.60. The van der Waals surface area contributed by atoms with Crippen molar-refractivity contribution in [1.29, 1.82) is 0 Å². The van der Waals surface area contributed by atoms with Crippen LogP contribution in [0.4, 0.5) is 0 Å². The maximum Gasteiger partial charge on any atom is 0.261 e. The molecule has 0 bridgehead atoms. The molecule has 1 aromatic carbocycles. The normalized spacial score (nSPS) is 14.7. The van der Waals surface area contributed by atoms with Crippen molar-refractivity contribution in [2.24, 2.45) is 0 Å². The smallest absolute Gasteiger partial charge is 0.261 e. The molecule has 0 aliphatic carbocycles. The quantitative estimate of drug-likeness (QED) is 0.712.